The van der Waals surface area contributed by atoms with E-state index in [0.717, 1.165) is 23.2 Å². The van der Waals surface area contributed by atoms with Crippen LogP contribution in [0.25, 0.3) is 11.0 Å². The van der Waals surface area contributed by atoms with Crippen molar-refractivity contribution < 1.29 is 28.5 Å². The lowest BCUT2D eigenvalue weighted by Crippen LogP contribution is -2.37. The Labute approximate surface area is 164 Å². The standard InChI is InChI=1S/C20H19F2N3O4/c1-9-11-2-4-25(19(11)24-8-23-9)20-16(27)15(26)18(29-20)17-12-7-14(22)13(21)6-10(12)3-5-28-17/h2,4,6-8,15-18,20,26-27H,3,5H2,1H3/t15-,16+,17+,18-,20+/m0/s1. The number of halogens is 2. The Morgan fingerprint density at radius 1 is 1.14 bits per heavy atom. The molecule has 0 saturated carbocycles. The molecule has 2 aliphatic rings. The van der Waals surface area contributed by atoms with Gasteiger partial charge in [-0.25, -0.2) is 18.7 Å². The summed E-state index contributed by atoms with van der Waals surface area (Å²) >= 11 is 0. The van der Waals surface area contributed by atoms with Crippen LogP contribution >= 0.6 is 0 Å². The van der Waals surface area contributed by atoms with Crippen molar-refractivity contribution in [1.29, 1.82) is 0 Å². The molecule has 0 amide bonds. The number of fused-ring (bicyclic) bond motifs is 2. The predicted molar refractivity (Wildman–Crippen MR) is 96.9 cm³/mol. The zero-order valence-corrected chi connectivity index (χ0v) is 15.5. The molecule has 2 aliphatic heterocycles. The first kappa shape index (κ1) is 18.6. The van der Waals surface area contributed by atoms with Crippen LogP contribution < -0.4 is 0 Å². The minimum atomic E-state index is -1.29. The third-order valence-corrected chi connectivity index (χ3v) is 5.71. The molecule has 1 aromatic carbocycles. The summed E-state index contributed by atoms with van der Waals surface area (Å²) in [5, 5.41) is 22.2. The number of aromatic nitrogens is 3. The Morgan fingerprint density at radius 3 is 2.76 bits per heavy atom. The molecule has 5 atom stereocenters. The van der Waals surface area contributed by atoms with Crippen LogP contribution in [0.15, 0.2) is 30.7 Å². The molecule has 5 rings (SSSR count). The molecule has 29 heavy (non-hydrogen) atoms. The highest BCUT2D eigenvalue weighted by molar-refractivity contribution is 5.78. The third-order valence-electron chi connectivity index (χ3n) is 5.71. The molecule has 0 unspecified atom stereocenters. The summed E-state index contributed by atoms with van der Waals surface area (Å²) in [6.45, 7) is 2.12. The van der Waals surface area contributed by atoms with E-state index in [1.165, 1.54) is 6.33 Å². The van der Waals surface area contributed by atoms with Crippen LogP contribution in [0, 0.1) is 18.6 Å². The van der Waals surface area contributed by atoms with Crippen LogP contribution in [-0.2, 0) is 15.9 Å². The molecule has 1 saturated heterocycles. The highest BCUT2D eigenvalue weighted by atomic mass is 19.2. The van der Waals surface area contributed by atoms with Crippen molar-refractivity contribution in [2.45, 2.75) is 44.0 Å². The van der Waals surface area contributed by atoms with E-state index < -0.39 is 42.3 Å². The number of aliphatic hydroxyl groups excluding tert-OH is 2. The summed E-state index contributed by atoms with van der Waals surface area (Å²) in [6, 6.07) is 4.03. The van der Waals surface area contributed by atoms with Gasteiger partial charge in [-0.2, -0.15) is 0 Å². The van der Waals surface area contributed by atoms with E-state index in [4.69, 9.17) is 9.47 Å². The SMILES string of the molecule is Cc1ncnc2c1ccn2[C@@H]1O[C@H]([C@@H]2OCCc3cc(F)c(F)cc32)[C@@H](O)[C@H]1O. The molecule has 0 bridgehead atoms. The molecule has 152 valence electrons. The average molecular weight is 403 g/mol. The maximum Gasteiger partial charge on any atom is 0.164 e. The second-order valence-corrected chi connectivity index (χ2v) is 7.40. The van der Waals surface area contributed by atoms with E-state index in [0.29, 0.717) is 23.2 Å². The van der Waals surface area contributed by atoms with Gasteiger partial charge in [-0.1, -0.05) is 0 Å². The number of benzene rings is 1. The largest absolute Gasteiger partial charge is 0.387 e. The highest BCUT2D eigenvalue weighted by Crippen LogP contribution is 2.41. The third kappa shape index (κ3) is 2.84. The van der Waals surface area contributed by atoms with Crippen molar-refractivity contribution >= 4 is 11.0 Å². The van der Waals surface area contributed by atoms with Gasteiger partial charge in [0.2, 0.25) is 0 Å². The van der Waals surface area contributed by atoms with E-state index in [9.17, 15) is 19.0 Å². The van der Waals surface area contributed by atoms with Crippen LogP contribution in [0.5, 0.6) is 0 Å². The van der Waals surface area contributed by atoms with E-state index >= 15 is 0 Å². The molecular weight excluding hydrogens is 384 g/mol. The molecule has 3 aromatic rings. The highest BCUT2D eigenvalue weighted by Gasteiger charge is 2.49. The maximum absolute atomic E-state index is 13.9. The number of nitrogens with zero attached hydrogens (tertiary/aromatic N) is 3. The topological polar surface area (TPSA) is 89.6 Å². The first-order chi connectivity index (χ1) is 14.0. The minimum absolute atomic E-state index is 0.273. The van der Waals surface area contributed by atoms with Gasteiger partial charge in [0.1, 0.15) is 36.4 Å². The van der Waals surface area contributed by atoms with E-state index in [2.05, 4.69) is 9.97 Å². The van der Waals surface area contributed by atoms with Crippen LogP contribution in [0.3, 0.4) is 0 Å². The quantitative estimate of drug-likeness (QED) is 0.680. The zero-order valence-electron chi connectivity index (χ0n) is 15.5. The molecule has 1 fully saturated rings. The van der Waals surface area contributed by atoms with Gasteiger partial charge in [0.05, 0.1) is 12.3 Å². The molecular formula is C20H19F2N3O4. The Hall–Kier alpha value is -2.46. The molecule has 2 aromatic heterocycles. The molecule has 0 radical (unpaired) electrons. The van der Waals surface area contributed by atoms with Gasteiger partial charge >= 0.3 is 0 Å². The Bertz CT molecular complexity index is 1090. The zero-order chi connectivity index (χ0) is 20.3. The summed E-state index contributed by atoms with van der Waals surface area (Å²) in [5.41, 5.74) is 2.36. The van der Waals surface area contributed by atoms with E-state index in [-0.39, 0.29) is 6.61 Å². The Morgan fingerprint density at radius 2 is 1.93 bits per heavy atom. The van der Waals surface area contributed by atoms with Crippen molar-refractivity contribution in [2.24, 2.45) is 0 Å². The van der Waals surface area contributed by atoms with Crippen molar-refractivity contribution in [3.05, 3.63) is 59.2 Å². The molecule has 0 aliphatic carbocycles. The first-order valence-corrected chi connectivity index (χ1v) is 9.35. The Balaban J connectivity index is 1.51. The average Bonchev–Trinajstić information content (AvgIpc) is 3.25. The second kappa shape index (κ2) is 6.81. The molecule has 2 N–H and O–H groups in total. The number of rotatable bonds is 2. The fraction of sp³-hybridized carbons (Fsp3) is 0.400. The number of hydrogen-bond acceptors (Lipinski definition) is 6. The molecule has 4 heterocycles. The summed E-state index contributed by atoms with van der Waals surface area (Å²) in [4.78, 5) is 8.40. The van der Waals surface area contributed by atoms with Gasteiger partial charge in [-0.3, -0.25) is 0 Å². The van der Waals surface area contributed by atoms with Crippen molar-refractivity contribution in [1.82, 2.24) is 14.5 Å². The van der Waals surface area contributed by atoms with Gasteiger partial charge in [-0.15, -0.1) is 0 Å². The lowest BCUT2D eigenvalue weighted by Gasteiger charge is -2.31. The molecule has 9 heteroatoms. The van der Waals surface area contributed by atoms with Crippen LogP contribution in [0.1, 0.15) is 29.2 Å². The molecule has 0 spiro atoms. The van der Waals surface area contributed by atoms with Crippen molar-refractivity contribution in [3.63, 3.8) is 0 Å². The van der Waals surface area contributed by atoms with Gasteiger partial charge < -0.3 is 24.3 Å². The number of aryl methyl sites for hydroxylation is 1. The van der Waals surface area contributed by atoms with Gasteiger partial charge in [0.25, 0.3) is 0 Å². The first-order valence-electron chi connectivity index (χ1n) is 9.35. The van der Waals surface area contributed by atoms with Crippen molar-refractivity contribution in [2.75, 3.05) is 6.61 Å². The van der Waals surface area contributed by atoms with Crippen LogP contribution in [0.2, 0.25) is 0 Å². The van der Waals surface area contributed by atoms with E-state index in [1.54, 1.807) is 10.8 Å². The lowest BCUT2D eigenvalue weighted by atomic mass is 9.91. The number of aliphatic hydroxyl groups is 2. The monoisotopic (exact) mass is 403 g/mol. The van der Waals surface area contributed by atoms with E-state index in [1.807, 2.05) is 13.0 Å². The second-order valence-electron chi connectivity index (χ2n) is 7.40. The fourth-order valence-corrected chi connectivity index (χ4v) is 4.21. The summed E-state index contributed by atoms with van der Waals surface area (Å²) < 4.78 is 40.9. The van der Waals surface area contributed by atoms with Gasteiger partial charge in [0, 0.05) is 11.6 Å². The fourth-order valence-electron chi connectivity index (χ4n) is 4.21. The summed E-state index contributed by atoms with van der Waals surface area (Å²) in [6.07, 6.45) is -1.70. The summed E-state index contributed by atoms with van der Waals surface area (Å²) in [5.74, 6) is -1.92. The number of ether oxygens (including phenoxy) is 2. The predicted octanol–water partition coefficient (Wildman–Crippen LogP) is 1.95. The lowest BCUT2D eigenvalue weighted by molar-refractivity contribution is -0.113. The van der Waals surface area contributed by atoms with Crippen molar-refractivity contribution in [3.8, 4) is 0 Å². The van der Waals surface area contributed by atoms with Crippen LogP contribution in [-0.4, -0.2) is 49.7 Å². The van der Waals surface area contributed by atoms with Crippen LogP contribution in [0.4, 0.5) is 8.78 Å². The minimum Gasteiger partial charge on any atom is -0.387 e. The summed E-state index contributed by atoms with van der Waals surface area (Å²) in [7, 11) is 0. The van der Waals surface area contributed by atoms with Gasteiger partial charge in [-0.05, 0) is 42.7 Å². The van der Waals surface area contributed by atoms with Gasteiger partial charge in [0.15, 0.2) is 17.9 Å². The molecule has 7 nitrogen and oxygen atoms in total. The normalized spacial score (nSPS) is 29.3. The maximum atomic E-state index is 13.9. The number of hydrogen-bond donors (Lipinski definition) is 2. The Kier molecular flexibility index (Phi) is 4.36. The smallest absolute Gasteiger partial charge is 0.164 e.